The molecule has 1 amide bonds. The quantitative estimate of drug-likeness (QED) is 0.714. The van der Waals surface area contributed by atoms with Gasteiger partial charge in [0.2, 0.25) is 5.91 Å². The Balaban J connectivity index is 0.00000361. The number of amides is 1. The molecule has 1 aromatic rings. The minimum atomic E-state index is 0. The molecule has 0 aliphatic rings. The van der Waals surface area contributed by atoms with E-state index in [1.54, 1.807) is 14.2 Å². The molecule has 1 rings (SSSR count). The number of nitrogens with one attached hydrogen (secondary N) is 1. The second kappa shape index (κ2) is 10.3. The molecule has 0 bridgehead atoms. The van der Waals surface area contributed by atoms with Crippen molar-refractivity contribution in [2.45, 2.75) is 19.3 Å². The van der Waals surface area contributed by atoms with Crippen LogP contribution in [-0.2, 0) is 11.2 Å². The average Bonchev–Trinajstić information content (AvgIpc) is 2.45. The van der Waals surface area contributed by atoms with Crippen LogP contribution in [0.2, 0.25) is 0 Å². The highest BCUT2D eigenvalue weighted by molar-refractivity contribution is 5.85. The molecular weight excluding hydrogens is 280 g/mol. The van der Waals surface area contributed by atoms with Gasteiger partial charge in [-0.25, -0.2) is 0 Å². The van der Waals surface area contributed by atoms with E-state index in [2.05, 4.69) is 5.32 Å². The van der Waals surface area contributed by atoms with Gasteiger partial charge in [0.1, 0.15) is 11.5 Å². The third-order valence-electron chi connectivity index (χ3n) is 2.76. The van der Waals surface area contributed by atoms with Crippen LogP contribution in [0.5, 0.6) is 11.5 Å². The highest BCUT2D eigenvalue weighted by Gasteiger charge is 2.05. The van der Waals surface area contributed by atoms with Crippen molar-refractivity contribution in [2.24, 2.45) is 5.73 Å². The molecule has 0 atom stereocenters. The minimum absolute atomic E-state index is 0. The first-order chi connectivity index (χ1) is 9.19. The van der Waals surface area contributed by atoms with E-state index in [0.29, 0.717) is 25.9 Å². The summed E-state index contributed by atoms with van der Waals surface area (Å²) in [5, 5.41) is 2.83. The number of halogens is 1. The van der Waals surface area contributed by atoms with Gasteiger partial charge in [0, 0.05) is 19.0 Å². The molecule has 0 radical (unpaired) electrons. The van der Waals surface area contributed by atoms with Gasteiger partial charge in [0.15, 0.2) is 0 Å². The lowest BCUT2D eigenvalue weighted by atomic mass is 10.1. The Labute approximate surface area is 126 Å². The van der Waals surface area contributed by atoms with Crippen molar-refractivity contribution in [3.05, 3.63) is 23.8 Å². The predicted octanol–water partition coefficient (Wildman–Crippen LogP) is 1.52. The zero-order chi connectivity index (χ0) is 14.1. The van der Waals surface area contributed by atoms with Crippen LogP contribution in [0.15, 0.2) is 18.2 Å². The molecule has 0 aliphatic carbocycles. The highest BCUT2D eigenvalue weighted by atomic mass is 35.5. The summed E-state index contributed by atoms with van der Waals surface area (Å²) in [6.07, 6.45) is 1.90. The van der Waals surface area contributed by atoms with Crippen molar-refractivity contribution in [3.8, 4) is 11.5 Å². The van der Waals surface area contributed by atoms with Crippen LogP contribution in [0.25, 0.3) is 0 Å². The van der Waals surface area contributed by atoms with Crippen LogP contribution in [0.1, 0.15) is 18.4 Å². The molecule has 0 saturated heterocycles. The maximum Gasteiger partial charge on any atom is 0.220 e. The van der Waals surface area contributed by atoms with Crippen molar-refractivity contribution in [3.63, 3.8) is 0 Å². The van der Waals surface area contributed by atoms with Gasteiger partial charge in [-0.05, 0) is 37.1 Å². The summed E-state index contributed by atoms with van der Waals surface area (Å²) in [5.74, 6) is 1.51. The number of aryl methyl sites for hydroxylation is 1. The smallest absolute Gasteiger partial charge is 0.220 e. The molecule has 5 nitrogen and oxygen atoms in total. The molecule has 6 heteroatoms. The van der Waals surface area contributed by atoms with Crippen molar-refractivity contribution >= 4 is 18.3 Å². The molecule has 1 aromatic carbocycles. The van der Waals surface area contributed by atoms with Gasteiger partial charge in [-0.1, -0.05) is 0 Å². The number of hydrogen-bond acceptors (Lipinski definition) is 4. The maximum atomic E-state index is 11.6. The lowest BCUT2D eigenvalue weighted by Gasteiger charge is -2.08. The summed E-state index contributed by atoms with van der Waals surface area (Å²) in [6.45, 7) is 1.23. The topological polar surface area (TPSA) is 73.6 Å². The summed E-state index contributed by atoms with van der Waals surface area (Å²) >= 11 is 0. The lowest BCUT2D eigenvalue weighted by Crippen LogP contribution is -2.26. The first-order valence-electron chi connectivity index (χ1n) is 6.38. The molecular formula is C14H23ClN2O3. The van der Waals surface area contributed by atoms with Gasteiger partial charge < -0.3 is 20.5 Å². The Morgan fingerprint density at radius 1 is 1.20 bits per heavy atom. The van der Waals surface area contributed by atoms with Gasteiger partial charge >= 0.3 is 0 Å². The van der Waals surface area contributed by atoms with Crippen LogP contribution in [0, 0.1) is 0 Å². The number of carbonyl (C=O) groups is 1. The fourth-order valence-corrected chi connectivity index (χ4v) is 1.69. The van der Waals surface area contributed by atoms with E-state index in [4.69, 9.17) is 15.2 Å². The van der Waals surface area contributed by atoms with Crippen molar-refractivity contribution < 1.29 is 14.3 Å². The number of ether oxygens (including phenoxy) is 2. The van der Waals surface area contributed by atoms with E-state index in [-0.39, 0.29) is 18.3 Å². The van der Waals surface area contributed by atoms with Crippen LogP contribution in [0.3, 0.4) is 0 Å². The number of carbonyl (C=O) groups excluding carboxylic acids is 1. The monoisotopic (exact) mass is 302 g/mol. The van der Waals surface area contributed by atoms with E-state index in [1.165, 1.54) is 0 Å². The number of rotatable bonds is 8. The first kappa shape index (κ1) is 18.5. The Bertz CT molecular complexity index is 391. The molecule has 0 saturated carbocycles. The Kier molecular flexibility index (Phi) is 9.59. The largest absolute Gasteiger partial charge is 0.497 e. The molecule has 0 aliphatic heterocycles. The highest BCUT2D eigenvalue weighted by Crippen LogP contribution is 2.23. The molecule has 0 aromatic heterocycles. The summed E-state index contributed by atoms with van der Waals surface area (Å²) < 4.78 is 10.4. The Morgan fingerprint density at radius 2 is 1.80 bits per heavy atom. The van der Waals surface area contributed by atoms with E-state index in [9.17, 15) is 4.79 Å². The van der Waals surface area contributed by atoms with E-state index in [0.717, 1.165) is 23.5 Å². The number of methoxy groups -OCH3 is 2. The van der Waals surface area contributed by atoms with Crippen molar-refractivity contribution in [2.75, 3.05) is 27.3 Å². The molecule has 0 unspecified atom stereocenters. The van der Waals surface area contributed by atoms with Gasteiger partial charge in [-0.3, -0.25) is 4.79 Å². The van der Waals surface area contributed by atoms with Gasteiger partial charge in [-0.15, -0.1) is 12.4 Å². The molecule has 114 valence electrons. The summed E-state index contributed by atoms with van der Waals surface area (Å²) in [7, 11) is 3.22. The standard InChI is InChI=1S/C14H22N2O3.ClH/c1-18-12-8-11(9-13(10-12)19-2)4-5-14(17)16-7-3-6-15;/h8-10H,3-7,15H2,1-2H3,(H,16,17);1H. The fraction of sp³-hybridized carbons (Fsp3) is 0.500. The average molecular weight is 303 g/mol. The molecule has 20 heavy (non-hydrogen) atoms. The Morgan fingerprint density at radius 3 is 2.30 bits per heavy atom. The van der Waals surface area contributed by atoms with E-state index < -0.39 is 0 Å². The van der Waals surface area contributed by atoms with E-state index >= 15 is 0 Å². The summed E-state index contributed by atoms with van der Waals surface area (Å²) in [5.41, 5.74) is 6.38. The van der Waals surface area contributed by atoms with Crippen LogP contribution < -0.4 is 20.5 Å². The molecule has 0 spiro atoms. The van der Waals surface area contributed by atoms with Crippen LogP contribution in [-0.4, -0.2) is 33.2 Å². The van der Waals surface area contributed by atoms with Crippen LogP contribution in [0.4, 0.5) is 0 Å². The van der Waals surface area contributed by atoms with Crippen molar-refractivity contribution in [1.82, 2.24) is 5.32 Å². The number of nitrogens with two attached hydrogens (primary N) is 1. The van der Waals surface area contributed by atoms with Crippen molar-refractivity contribution in [1.29, 1.82) is 0 Å². The summed E-state index contributed by atoms with van der Waals surface area (Å²) in [4.78, 5) is 11.6. The molecule has 0 fully saturated rings. The van der Waals surface area contributed by atoms with Crippen LogP contribution >= 0.6 is 12.4 Å². The first-order valence-corrected chi connectivity index (χ1v) is 6.38. The summed E-state index contributed by atoms with van der Waals surface area (Å²) in [6, 6.07) is 5.64. The predicted molar refractivity (Wildman–Crippen MR) is 81.8 cm³/mol. The second-order valence-electron chi connectivity index (χ2n) is 4.21. The third kappa shape index (κ3) is 6.63. The minimum Gasteiger partial charge on any atom is -0.497 e. The van der Waals surface area contributed by atoms with Gasteiger partial charge in [-0.2, -0.15) is 0 Å². The maximum absolute atomic E-state index is 11.6. The van der Waals surface area contributed by atoms with Gasteiger partial charge in [0.25, 0.3) is 0 Å². The molecule has 0 heterocycles. The van der Waals surface area contributed by atoms with Gasteiger partial charge in [0.05, 0.1) is 14.2 Å². The number of hydrogen-bond donors (Lipinski definition) is 2. The molecule has 3 N–H and O–H groups in total. The zero-order valence-corrected chi connectivity index (χ0v) is 12.8. The lowest BCUT2D eigenvalue weighted by molar-refractivity contribution is -0.121. The number of benzene rings is 1. The fourth-order valence-electron chi connectivity index (χ4n) is 1.69. The third-order valence-corrected chi connectivity index (χ3v) is 2.76. The second-order valence-corrected chi connectivity index (χ2v) is 4.21. The Hall–Kier alpha value is -1.46. The normalized spacial score (nSPS) is 9.55. The van der Waals surface area contributed by atoms with E-state index in [1.807, 2.05) is 18.2 Å². The zero-order valence-electron chi connectivity index (χ0n) is 12.0. The SMILES string of the molecule is COc1cc(CCC(=O)NCCCN)cc(OC)c1.Cl.